The summed E-state index contributed by atoms with van der Waals surface area (Å²) in [7, 11) is 1.74. The first kappa shape index (κ1) is 16.8. The Morgan fingerprint density at radius 3 is 2.64 bits per heavy atom. The van der Waals surface area contributed by atoms with Crippen molar-refractivity contribution < 1.29 is 9.53 Å². The van der Waals surface area contributed by atoms with E-state index in [1.165, 1.54) is 0 Å². The number of benzene rings is 1. The number of nitrogens with one attached hydrogen (secondary N) is 1. The fraction of sp³-hybridized carbons (Fsp3) is 0.588. The van der Waals surface area contributed by atoms with Crippen molar-refractivity contribution in [1.82, 2.24) is 10.2 Å². The monoisotopic (exact) mass is 305 g/mol. The Bertz CT molecular complexity index is 453. The van der Waals surface area contributed by atoms with Crippen LogP contribution >= 0.6 is 0 Å². The van der Waals surface area contributed by atoms with Crippen LogP contribution in [0.2, 0.25) is 0 Å². The average molecular weight is 305 g/mol. The number of carbonyl (C=O) groups excluding carboxylic acids is 1. The van der Waals surface area contributed by atoms with Crippen LogP contribution < -0.4 is 11.1 Å². The van der Waals surface area contributed by atoms with Gasteiger partial charge in [-0.15, -0.1) is 0 Å². The number of methoxy groups -OCH3 is 1. The van der Waals surface area contributed by atoms with E-state index in [0.717, 1.165) is 56.8 Å². The first-order valence-electron chi connectivity index (χ1n) is 8.02. The van der Waals surface area contributed by atoms with Gasteiger partial charge in [-0.25, -0.2) is 0 Å². The van der Waals surface area contributed by atoms with Gasteiger partial charge >= 0.3 is 0 Å². The van der Waals surface area contributed by atoms with Gasteiger partial charge < -0.3 is 20.7 Å². The van der Waals surface area contributed by atoms with Gasteiger partial charge in [0.25, 0.3) is 0 Å². The molecule has 1 heterocycles. The van der Waals surface area contributed by atoms with Crippen molar-refractivity contribution in [2.24, 2.45) is 0 Å². The molecule has 0 unspecified atom stereocenters. The van der Waals surface area contributed by atoms with Crippen LogP contribution in [0.3, 0.4) is 0 Å². The summed E-state index contributed by atoms with van der Waals surface area (Å²) >= 11 is 0. The number of amides is 1. The summed E-state index contributed by atoms with van der Waals surface area (Å²) in [4.78, 5) is 14.5. The minimum absolute atomic E-state index is 0.0996. The number of nitrogens with two attached hydrogens (primary N) is 1. The largest absolute Gasteiger partial charge is 0.399 e. The number of likely N-dealkylation sites (tertiary alicyclic amines) is 1. The van der Waals surface area contributed by atoms with E-state index in [9.17, 15) is 4.79 Å². The lowest BCUT2D eigenvalue weighted by atomic mass is 10.0. The van der Waals surface area contributed by atoms with Crippen LogP contribution in [0.25, 0.3) is 0 Å². The van der Waals surface area contributed by atoms with Gasteiger partial charge in [-0.1, -0.05) is 12.1 Å². The maximum Gasteiger partial charge on any atom is 0.224 e. The molecule has 1 aliphatic heterocycles. The Hall–Kier alpha value is -1.59. The Kier molecular flexibility index (Phi) is 6.68. The van der Waals surface area contributed by atoms with Crippen molar-refractivity contribution in [1.29, 1.82) is 0 Å². The number of anilines is 1. The van der Waals surface area contributed by atoms with Gasteiger partial charge in [-0.05, 0) is 37.0 Å². The molecule has 0 spiro atoms. The second-order valence-corrected chi connectivity index (χ2v) is 5.95. The van der Waals surface area contributed by atoms with E-state index in [2.05, 4.69) is 10.2 Å². The summed E-state index contributed by atoms with van der Waals surface area (Å²) in [5, 5.41) is 3.15. The van der Waals surface area contributed by atoms with Crippen LogP contribution in [0.4, 0.5) is 5.69 Å². The molecule has 0 aromatic heterocycles. The van der Waals surface area contributed by atoms with E-state index >= 15 is 0 Å². The molecule has 1 fully saturated rings. The van der Waals surface area contributed by atoms with E-state index in [1.807, 2.05) is 24.3 Å². The van der Waals surface area contributed by atoms with E-state index in [1.54, 1.807) is 7.11 Å². The minimum atomic E-state index is 0.0996. The van der Waals surface area contributed by atoms with Gasteiger partial charge in [-0.3, -0.25) is 4.79 Å². The number of piperidine rings is 1. The smallest absolute Gasteiger partial charge is 0.224 e. The Morgan fingerprint density at radius 2 is 2.00 bits per heavy atom. The Morgan fingerprint density at radius 1 is 1.32 bits per heavy atom. The molecule has 1 aromatic carbocycles. The van der Waals surface area contributed by atoms with Gasteiger partial charge in [0.05, 0.1) is 6.42 Å². The maximum atomic E-state index is 12.1. The maximum absolute atomic E-state index is 12.1. The Labute approximate surface area is 132 Å². The summed E-state index contributed by atoms with van der Waals surface area (Å²) in [6, 6.07) is 7.79. The van der Waals surface area contributed by atoms with Gasteiger partial charge in [0.2, 0.25) is 5.91 Å². The molecule has 0 aliphatic carbocycles. The molecule has 1 aromatic rings. The molecule has 0 bridgehead atoms. The highest BCUT2D eigenvalue weighted by Crippen LogP contribution is 2.11. The number of carbonyl (C=O) groups is 1. The lowest BCUT2D eigenvalue weighted by Gasteiger charge is -2.32. The van der Waals surface area contributed by atoms with Crippen molar-refractivity contribution in [3.8, 4) is 0 Å². The summed E-state index contributed by atoms with van der Waals surface area (Å²) in [5.41, 5.74) is 7.38. The number of ether oxygens (including phenoxy) is 1. The summed E-state index contributed by atoms with van der Waals surface area (Å²) < 4.78 is 5.08. The molecule has 3 N–H and O–H groups in total. The number of rotatable bonds is 7. The van der Waals surface area contributed by atoms with E-state index < -0.39 is 0 Å². The van der Waals surface area contributed by atoms with Crippen LogP contribution in [0.5, 0.6) is 0 Å². The summed E-state index contributed by atoms with van der Waals surface area (Å²) in [6.45, 7) is 4.01. The predicted octanol–water partition coefficient (Wildman–Crippen LogP) is 1.43. The molecule has 5 heteroatoms. The zero-order chi connectivity index (χ0) is 15.8. The molecule has 0 saturated carbocycles. The van der Waals surface area contributed by atoms with Crippen LogP contribution in [-0.4, -0.2) is 50.2 Å². The number of nitrogen functional groups attached to an aromatic ring is 1. The summed E-state index contributed by atoms with van der Waals surface area (Å²) in [6.07, 6.45) is 3.56. The second kappa shape index (κ2) is 8.76. The van der Waals surface area contributed by atoms with E-state index in [0.29, 0.717) is 12.5 Å². The zero-order valence-corrected chi connectivity index (χ0v) is 13.4. The number of hydrogen-bond acceptors (Lipinski definition) is 4. The quantitative estimate of drug-likeness (QED) is 0.591. The molecule has 122 valence electrons. The van der Waals surface area contributed by atoms with Crippen molar-refractivity contribution in [3.05, 3.63) is 29.8 Å². The molecule has 1 aliphatic rings. The van der Waals surface area contributed by atoms with E-state index in [-0.39, 0.29) is 5.91 Å². The van der Waals surface area contributed by atoms with Gasteiger partial charge in [0.1, 0.15) is 0 Å². The molecular weight excluding hydrogens is 278 g/mol. The lowest BCUT2D eigenvalue weighted by molar-refractivity contribution is -0.121. The fourth-order valence-electron chi connectivity index (χ4n) is 2.83. The fourth-order valence-corrected chi connectivity index (χ4v) is 2.83. The van der Waals surface area contributed by atoms with Crippen molar-refractivity contribution in [2.75, 3.05) is 39.1 Å². The molecule has 0 radical (unpaired) electrons. The highest BCUT2D eigenvalue weighted by Gasteiger charge is 2.20. The molecular formula is C17H27N3O2. The standard InChI is InChI=1S/C17H27N3O2/c1-22-12-2-9-20-10-7-16(8-11-20)19-17(21)13-14-3-5-15(18)6-4-14/h3-6,16H,2,7-13,18H2,1H3,(H,19,21). The predicted molar refractivity (Wildman–Crippen MR) is 88.7 cm³/mol. The lowest BCUT2D eigenvalue weighted by Crippen LogP contribution is -2.45. The zero-order valence-electron chi connectivity index (χ0n) is 13.4. The highest BCUT2D eigenvalue weighted by molar-refractivity contribution is 5.79. The molecule has 0 atom stereocenters. The van der Waals surface area contributed by atoms with Gasteiger partial charge in [0.15, 0.2) is 0 Å². The molecule has 22 heavy (non-hydrogen) atoms. The SMILES string of the molecule is COCCCN1CCC(NC(=O)Cc2ccc(N)cc2)CC1. The molecule has 2 rings (SSSR count). The number of nitrogens with zero attached hydrogens (tertiary/aromatic N) is 1. The Balaban J connectivity index is 1.67. The van der Waals surface area contributed by atoms with Crippen molar-refractivity contribution in [2.45, 2.75) is 31.7 Å². The number of hydrogen-bond donors (Lipinski definition) is 2. The van der Waals surface area contributed by atoms with Crippen molar-refractivity contribution in [3.63, 3.8) is 0 Å². The van der Waals surface area contributed by atoms with Crippen LogP contribution in [0, 0.1) is 0 Å². The van der Waals surface area contributed by atoms with Crippen molar-refractivity contribution >= 4 is 11.6 Å². The van der Waals surface area contributed by atoms with E-state index in [4.69, 9.17) is 10.5 Å². The molecule has 1 saturated heterocycles. The topological polar surface area (TPSA) is 67.6 Å². The second-order valence-electron chi connectivity index (χ2n) is 5.95. The average Bonchev–Trinajstić information content (AvgIpc) is 2.51. The minimum Gasteiger partial charge on any atom is -0.399 e. The van der Waals surface area contributed by atoms with Crippen LogP contribution in [-0.2, 0) is 16.0 Å². The van der Waals surface area contributed by atoms with Crippen LogP contribution in [0.15, 0.2) is 24.3 Å². The first-order chi connectivity index (χ1) is 10.7. The van der Waals surface area contributed by atoms with Gasteiger partial charge in [-0.2, -0.15) is 0 Å². The summed E-state index contributed by atoms with van der Waals surface area (Å²) in [5.74, 6) is 0.0996. The van der Waals surface area contributed by atoms with Gasteiger partial charge in [0, 0.05) is 45.1 Å². The third-order valence-electron chi connectivity index (χ3n) is 4.12. The first-order valence-corrected chi connectivity index (χ1v) is 8.02. The third kappa shape index (κ3) is 5.66. The molecule has 5 nitrogen and oxygen atoms in total. The highest BCUT2D eigenvalue weighted by atomic mass is 16.5. The third-order valence-corrected chi connectivity index (χ3v) is 4.12. The normalized spacial score (nSPS) is 16.6. The molecule has 1 amide bonds. The van der Waals surface area contributed by atoms with Crippen LogP contribution in [0.1, 0.15) is 24.8 Å².